The van der Waals surface area contributed by atoms with Crippen LogP contribution in [0, 0.1) is 13.7 Å². The molecule has 33 heavy (non-hydrogen) atoms. The summed E-state index contributed by atoms with van der Waals surface area (Å²) < 4.78 is 0.953. The first kappa shape index (κ1) is 22.6. The predicted octanol–water partition coefficient (Wildman–Crippen LogP) is 3.98. The molecule has 1 aliphatic rings. The van der Waals surface area contributed by atoms with Gasteiger partial charge in [-0.15, -0.1) is 0 Å². The number of nitrogens with one attached hydrogen (secondary N) is 1. The minimum absolute atomic E-state index is 0.0342. The molecule has 0 aliphatic carbocycles. The lowest BCUT2D eigenvalue weighted by Gasteiger charge is -2.25. The number of carbonyl (C=O) groups excluding carboxylic acids is 2. The number of nitro groups is 1. The highest BCUT2D eigenvalue weighted by atomic mass is 127. The van der Waals surface area contributed by atoms with Crippen LogP contribution in [0.15, 0.2) is 66.5 Å². The number of aryl methyl sites for hydroxylation is 1. The number of amides is 1. The van der Waals surface area contributed by atoms with Crippen LogP contribution in [0.25, 0.3) is 5.76 Å². The van der Waals surface area contributed by atoms with Crippen LogP contribution in [0.1, 0.15) is 29.4 Å². The summed E-state index contributed by atoms with van der Waals surface area (Å²) in [4.78, 5) is 45.1. The minimum atomic E-state index is -0.860. The van der Waals surface area contributed by atoms with E-state index in [1.807, 2.05) is 0 Å². The molecule has 9 nitrogen and oxygen atoms in total. The molecule has 1 amide bonds. The molecule has 4 rings (SSSR count). The molecular weight excluding hydrogens is 539 g/mol. The van der Waals surface area contributed by atoms with Crippen molar-refractivity contribution in [3.05, 3.63) is 97.1 Å². The molecule has 0 bridgehead atoms. The van der Waals surface area contributed by atoms with Gasteiger partial charge < -0.3 is 15.0 Å². The van der Waals surface area contributed by atoms with Gasteiger partial charge in [-0.05, 0) is 58.8 Å². The maximum Gasteiger partial charge on any atom is 0.295 e. The summed E-state index contributed by atoms with van der Waals surface area (Å²) in [5.74, 6) is -1.02. The van der Waals surface area contributed by atoms with E-state index < -0.39 is 22.7 Å². The summed E-state index contributed by atoms with van der Waals surface area (Å²) in [6.45, 7) is 0.246. The Morgan fingerprint density at radius 2 is 1.85 bits per heavy atom. The van der Waals surface area contributed by atoms with Gasteiger partial charge in [0, 0.05) is 46.6 Å². The summed E-state index contributed by atoms with van der Waals surface area (Å²) in [5, 5.41) is 22.1. The van der Waals surface area contributed by atoms with Gasteiger partial charge in [-0.3, -0.25) is 19.7 Å². The summed E-state index contributed by atoms with van der Waals surface area (Å²) in [6, 6.07) is 11.7. The fraction of sp³-hybridized carbons (Fsp3) is 0.174. The van der Waals surface area contributed by atoms with E-state index in [2.05, 4.69) is 32.6 Å². The third-order valence-corrected chi connectivity index (χ3v) is 6.16. The van der Waals surface area contributed by atoms with Gasteiger partial charge in [0.1, 0.15) is 11.6 Å². The van der Waals surface area contributed by atoms with E-state index in [1.165, 1.54) is 29.2 Å². The highest BCUT2D eigenvalue weighted by molar-refractivity contribution is 14.1. The van der Waals surface area contributed by atoms with Crippen LogP contribution in [0.4, 0.5) is 5.69 Å². The molecule has 0 radical (unpaired) electrons. The third kappa shape index (κ3) is 4.65. The smallest absolute Gasteiger partial charge is 0.295 e. The number of nitro benzene ring substituents is 1. The van der Waals surface area contributed by atoms with E-state index in [0.29, 0.717) is 24.0 Å². The summed E-state index contributed by atoms with van der Waals surface area (Å²) in [7, 11) is 0. The SMILES string of the molecule is O=C1C(=O)N(CCCc2ncc[nH]2)C(c2ccc([N+](=O)[O-])cc2)/C1=C(\O)c1ccc(I)cc1. The van der Waals surface area contributed by atoms with E-state index in [9.17, 15) is 24.8 Å². The largest absolute Gasteiger partial charge is 0.507 e. The van der Waals surface area contributed by atoms with Crippen molar-refractivity contribution in [2.75, 3.05) is 6.54 Å². The lowest BCUT2D eigenvalue weighted by Crippen LogP contribution is -2.31. The minimum Gasteiger partial charge on any atom is -0.507 e. The summed E-state index contributed by atoms with van der Waals surface area (Å²) in [6.07, 6.45) is 4.45. The number of aromatic nitrogens is 2. The van der Waals surface area contributed by atoms with Gasteiger partial charge in [0.2, 0.25) is 0 Å². The number of carbonyl (C=O) groups is 2. The molecule has 2 heterocycles. The van der Waals surface area contributed by atoms with Crippen molar-refractivity contribution >= 4 is 45.7 Å². The van der Waals surface area contributed by atoms with Crippen molar-refractivity contribution in [3.8, 4) is 0 Å². The fourth-order valence-electron chi connectivity index (χ4n) is 3.85. The number of benzene rings is 2. The quantitative estimate of drug-likeness (QED) is 0.113. The standard InChI is InChI=1S/C23H19IN4O5/c24-16-7-3-15(4-8-16)21(29)19-20(14-5-9-17(10-6-14)28(32)33)27(23(31)22(19)30)13-1-2-18-25-11-12-26-18/h3-12,20,29H,1-2,13H2,(H,25,26)/b21-19+. The molecule has 1 aromatic heterocycles. The fourth-order valence-corrected chi connectivity index (χ4v) is 4.21. The van der Waals surface area contributed by atoms with Crippen LogP contribution in [-0.2, 0) is 16.0 Å². The van der Waals surface area contributed by atoms with E-state index in [1.54, 1.807) is 36.7 Å². The first-order chi connectivity index (χ1) is 15.9. The highest BCUT2D eigenvalue weighted by Gasteiger charge is 2.45. The van der Waals surface area contributed by atoms with Gasteiger partial charge in [0.05, 0.1) is 16.5 Å². The molecule has 168 valence electrons. The number of imidazole rings is 1. The molecule has 3 aromatic rings. The van der Waals surface area contributed by atoms with Crippen molar-refractivity contribution < 1.29 is 19.6 Å². The van der Waals surface area contributed by atoms with Crippen LogP contribution < -0.4 is 0 Å². The Hall–Kier alpha value is -3.54. The highest BCUT2D eigenvalue weighted by Crippen LogP contribution is 2.40. The number of aliphatic hydroxyl groups excluding tert-OH is 1. The van der Waals surface area contributed by atoms with Gasteiger partial charge in [0.25, 0.3) is 17.4 Å². The van der Waals surface area contributed by atoms with Crippen LogP contribution >= 0.6 is 22.6 Å². The molecule has 1 unspecified atom stereocenters. The maximum absolute atomic E-state index is 13.0. The number of halogens is 1. The first-order valence-corrected chi connectivity index (χ1v) is 11.2. The van der Waals surface area contributed by atoms with Gasteiger partial charge in [0.15, 0.2) is 0 Å². The van der Waals surface area contributed by atoms with E-state index >= 15 is 0 Å². The summed E-state index contributed by atoms with van der Waals surface area (Å²) in [5.41, 5.74) is 0.778. The number of nitrogens with zero attached hydrogens (tertiary/aromatic N) is 3. The molecule has 1 atom stereocenters. The zero-order chi connectivity index (χ0) is 23.5. The van der Waals surface area contributed by atoms with Crippen LogP contribution in [0.2, 0.25) is 0 Å². The lowest BCUT2D eigenvalue weighted by molar-refractivity contribution is -0.384. The van der Waals surface area contributed by atoms with Gasteiger partial charge in [-0.1, -0.05) is 12.1 Å². The van der Waals surface area contributed by atoms with Crippen LogP contribution in [-0.4, -0.2) is 43.1 Å². The van der Waals surface area contributed by atoms with Crippen molar-refractivity contribution in [2.24, 2.45) is 0 Å². The van der Waals surface area contributed by atoms with Gasteiger partial charge >= 0.3 is 0 Å². The number of H-pyrrole nitrogens is 1. The number of aliphatic hydroxyl groups is 1. The molecule has 1 aliphatic heterocycles. The number of hydrogen-bond acceptors (Lipinski definition) is 6. The van der Waals surface area contributed by atoms with Crippen molar-refractivity contribution in [2.45, 2.75) is 18.9 Å². The van der Waals surface area contributed by atoms with Crippen molar-refractivity contribution in [3.63, 3.8) is 0 Å². The molecule has 0 saturated carbocycles. The zero-order valence-electron chi connectivity index (χ0n) is 17.3. The molecule has 2 aromatic carbocycles. The summed E-state index contributed by atoms with van der Waals surface area (Å²) >= 11 is 2.13. The Bertz CT molecular complexity index is 1220. The number of likely N-dealkylation sites (tertiary alicyclic amines) is 1. The maximum atomic E-state index is 13.0. The molecule has 1 fully saturated rings. The number of aromatic amines is 1. The molecule has 10 heteroatoms. The Balaban J connectivity index is 1.74. The zero-order valence-corrected chi connectivity index (χ0v) is 19.4. The van der Waals surface area contributed by atoms with E-state index in [4.69, 9.17) is 0 Å². The number of hydrogen-bond donors (Lipinski definition) is 2. The molecule has 2 N–H and O–H groups in total. The Labute approximate surface area is 202 Å². The molecule has 1 saturated heterocycles. The Morgan fingerprint density at radius 1 is 1.15 bits per heavy atom. The first-order valence-electron chi connectivity index (χ1n) is 10.1. The second-order valence-corrected chi connectivity index (χ2v) is 8.73. The number of Topliss-reactive ketones (excluding diaryl/α,β-unsaturated/α-hetero) is 1. The van der Waals surface area contributed by atoms with Gasteiger partial charge in [-0.2, -0.15) is 0 Å². The topological polar surface area (TPSA) is 129 Å². The van der Waals surface area contributed by atoms with Crippen LogP contribution in [0.5, 0.6) is 0 Å². The average Bonchev–Trinajstić information content (AvgIpc) is 3.41. The predicted molar refractivity (Wildman–Crippen MR) is 128 cm³/mol. The normalized spacial score (nSPS) is 17.5. The molecule has 0 spiro atoms. The van der Waals surface area contributed by atoms with Gasteiger partial charge in [-0.25, -0.2) is 4.98 Å². The third-order valence-electron chi connectivity index (χ3n) is 5.44. The molecular formula is C23H19IN4O5. The Morgan fingerprint density at radius 3 is 2.45 bits per heavy atom. The number of non-ortho nitro benzene ring substituents is 1. The second-order valence-electron chi connectivity index (χ2n) is 7.49. The van der Waals surface area contributed by atoms with Crippen molar-refractivity contribution in [1.82, 2.24) is 14.9 Å². The van der Waals surface area contributed by atoms with E-state index in [-0.39, 0.29) is 23.6 Å². The monoisotopic (exact) mass is 558 g/mol. The van der Waals surface area contributed by atoms with Crippen LogP contribution in [0.3, 0.4) is 0 Å². The number of ketones is 1. The van der Waals surface area contributed by atoms with E-state index in [0.717, 1.165) is 9.39 Å². The second kappa shape index (κ2) is 9.53. The average molecular weight is 558 g/mol. The Kier molecular flexibility index (Phi) is 6.54. The number of rotatable bonds is 7. The van der Waals surface area contributed by atoms with Crippen molar-refractivity contribution in [1.29, 1.82) is 0 Å². The lowest BCUT2D eigenvalue weighted by atomic mass is 9.95.